The van der Waals surface area contributed by atoms with E-state index in [0.717, 1.165) is 28.2 Å². The van der Waals surface area contributed by atoms with Gasteiger partial charge in [0.15, 0.2) is 0 Å². The molecule has 1 nitrogen and oxygen atoms in total. The maximum absolute atomic E-state index is 2.30. The minimum atomic E-state index is 1.10. The van der Waals surface area contributed by atoms with Crippen molar-refractivity contribution in [1.29, 1.82) is 0 Å². The Morgan fingerprint density at radius 1 is 0.333 bits per heavy atom. The molecule has 1 heteroatoms. The Hall–Kier alpha value is -6.70. The van der Waals surface area contributed by atoms with Gasteiger partial charge in [-0.05, 0) is 102 Å². The largest absolute Gasteiger partial charge is 0.311 e. The Bertz CT molecular complexity index is 2330. The van der Waals surface area contributed by atoms with Crippen LogP contribution < -0.4 is 4.90 Å². The molecule has 0 fully saturated rings. The van der Waals surface area contributed by atoms with Crippen molar-refractivity contribution in [2.24, 2.45) is 0 Å². The predicted molar refractivity (Wildman–Crippen MR) is 233 cm³/mol. The molecule has 0 spiro atoms. The van der Waals surface area contributed by atoms with Crippen LogP contribution in [-0.2, 0) is 0 Å². The van der Waals surface area contributed by atoms with Gasteiger partial charge in [0.05, 0.1) is 0 Å². The first-order valence-electron chi connectivity index (χ1n) is 18.6. The van der Waals surface area contributed by atoms with E-state index in [0.29, 0.717) is 0 Å². The smallest absolute Gasteiger partial charge is 0.0462 e. The van der Waals surface area contributed by atoms with Gasteiger partial charge in [-0.2, -0.15) is 0 Å². The van der Waals surface area contributed by atoms with E-state index in [1.807, 2.05) is 0 Å². The third-order valence-corrected chi connectivity index (χ3v) is 9.59. The highest BCUT2D eigenvalue weighted by Gasteiger charge is 2.12. The summed E-state index contributed by atoms with van der Waals surface area (Å²) in [6.07, 6.45) is 13.1. The van der Waals surface area contributed by atoms with Crippen LogP contribution in [0.1, 0.15) is 50.1 Å². The maximum Gasteiger partial charge on any atom is 0.0462 e. The minimum absolute atomic E-state index is 1.10. The second-order valence-electron chi connectivity index (χ2n) is 13.7. The van der Waals surface area contributed by atoms with Gasteiger partial charge in [0, 0.05) is 17.1 Å². The molecule has 0 aliphatic carbocycles. The first kappa shape index (κ1) is 35.7. The lowest BCUT2D eigenvalue weighted by Gasteiger charge is -2.25. The second kappa shape index (κ2) is 17.2. The SMILES string of the molecule is Cc1ccc(C(=C/C=C/c2ccc(N(c3ccccc3)c3ccc(/C=C/C=C(\c4ccccc4)c4ccc(C)cc4)cc3)cc2)c2ccc(C)cc2)cc1. The van der Waals surface area contributed by atoms with Crippen LogP contribution in [0, 0.1) is 20.8 Å². The summed E-state index contributed by atoms with van der Waals surface area (Å²) >= 11 is 0. The summed E-state index contributed by atoms with van der Waals surface area (Å²) in [7, 11) is 0. The number of hydrogen-bond donors (Lipinski definition) is 0. The van der Waals surface area contributed by atoms with Crippen LogP contribution in [0.5, 0.6) is 0 Å². The monoisotopic (exact) mass is 695 g/mol. The molecule has 0 heterocycles. The molecule has 7 aromatic rings. The Morgan fingerprint density at radius 2 is 0.648 bits per heavy atom. The van der Waals surface area contributed by atoms with Gasteiger partial charge in [0.1, 0.15) is 0 Å². The van der Waals surface area contributed by atoms with Gasteiger partial charge in [0.2, 0.25) is 0 Å². The average Bonchev–Trinajstić information content (AvgIpc) is 3.21. The number of para-hydroxylation sites is 1. The first-order chi connectivity index (χ1) is 26.5. The van der Waals surface area contributed by atoms with Crippen molar-refractivity contribution in [3.63, 3.8) is 0 Å². The summed E-state index contributed by atoms with van der Waals surface area (Å²) in [5.74, 6) is 0. The molecule has 0 radical (unpaired) electrons. The van der Waals surface area contributed by atoms with Crippen molar-refractivity contribution >= 4 is 40.4 Å². The number of anilines is 3. The molecule has 0 aliphatic heterocycles. The normalized spacial score (nSPS) is 11.6. The standard InChI is InChI=1S/C53H45N/c1-40-20-30-46(31-21-40)52(45-14-6-4-7-15-45)18-10-12-43-26-36-50(37-27-43)54(49-16-8-5-9-17-49)51-38-28-44(29-39-51)13-11-19-53(47-32-22-41(2)23-33-47)48-34-24-42(3)25-35-48/h4-39H,1-3H3/b12-10+,13-11+,52-18+. The molecular formula is C53H45N. The van der Waals surface area contributed by atoms with Gasteiger partial charge in [-0.1, -0.05) is 199 Å². The molecule has 0 atom stereocenters. The molecule has 7 rings (SSSR count). The zero-order valence-corrected chi connectivity index (χ0v) is 31.2. The number of allylic oxidation sites excluding steroid dienone is 4. The highest BCUT2D eigenvalue weighted by atomic mass is 15.1. The van der Waals surface area contributed by atoms with Gasteiger partial charge < -0.3 is 4.90 Å². The van der Waals surface area contributed by atoms with Gasteiger partial charge in [0.25, 0.3) is 0 Å². The van der Waals surface area contributed by atoms with Crippen molar-refractivity contribution in [3.05, 3.63) is 256 Å². The molecule has 0 saturated heterocycles. The quantitative estimate of drug-likeness (QED) is 0.122. The van der Waals surface area contributed by atoms with Crippen molar-refractivity contribution in [2.45, 2.75) is 20.8 Å². The molecule has 0 saturated carbocycles. The molecule has 0 aromatic heterocycles. The van der Waals surface area contributed by atoms with Crippen molar-refractivity contribution in [1.82, 2.24) is 0 Å². The summed E-state index contributed by atoms with van der Waals surface area (Å²) in [5, 5.41) is 0. The Morgan fingerprint density at radius 3 is 1.02 bits per heavy atom. The Balaban J connectivity index is 1.13. The van der Waals surface area contributed by atoms with Crippen LogP contribution in [0.3, 0.4) is 0 Å². The fraction of sp³-hybridized carbons (Fsp3) is 0.0566. The fourth-order valence-corrected chi connectivity index (χ4v) is 6.54. The summed E-state index contributed by atoms with van der Waals surface area (Å²) in [6, 6.07) is 65.0. The summed E-state index contributed by atoms with van der Waals surface area (Å²) in [4.78, 5) is 2.30. The van der Waals surface area contributed by atoms with E-state index in [1.165, 1.54) is 50.1 Å². The third-order valence-electron chi connectivity index (χ3n) is 9.59. The molecule has 0 N–H and O–H groups in total. The van der Waals surface area contributed by atoms with Gasteiger partial charge in [-0.15, -0.1) is 0 Å². The second-order valence-corrected chi connectivity index (χ2v) is 13.7. The van der Waals surface area contributed by atoms with Crippen LogP contribution in [0.15, 0.2) is 206 Å². The molecule has 54 heavy (non-hydrogen) atoms. The third kappa shape index (κ3) is 9.02. The molecule has 7 aromatic carbocycles. The predicted octanol–water partition coefficient (Wildman–Crippen LogP) is 14.4. The molecular weight excluding hydrogens is 651 g/mol. The zero-order chi connectivity index (χ0) is 37.1. The number of benzene rings is 7. The van der Waals surface area contributed by atoms with Crippen LogP contribution in [-0.4, -0.2) is 0 Å². The van der Waals surface area contributed by atoms with Gasteiger partial charge in [-0.3, -0.25) is 0 Å². The topological polar surface area (TPSA) is 3.24 Å². The van der Waals surface area contributed by atoms with E-state index in [9.17, 15) is 0 Å². The molecule has 0 unspecified atom stereocenters. The first-order valence-corrected chi connectivity index (χ1v) is 18.6. The number of rotatable bonds is 11. The maximum atomic E-state index is 2.30. The highest BCUT2D eigenvalue weighted by Crippen LogP contribution is 2.35. The lowest BCUT2D eigenvalue weighted by molar-refractivity contribution is 1.28. The number of nitrogens with zero attached hydrogens (tertiary/aromatic N) is 1. The number of aryl methyl sites for hydroxylation is 3. The van der Waals surface area contributed by atoms with E-state index in [2.05, 4.69) is 244 Å². The van der Waals surface area contributed by atoms with Crippen molar-refractivity contribution in [3.8, 4) is 0 Å². The van der Waals surface area contributed by atoms with E-state index < -0.39 is 0 Å². The van der Waals surface area contributed by atoms with Crippen LogP contribution >= 0.6 is 0 Å². The van der Waals surface area contributed by atoms with E-state index in [1.54, 1.807) is 0 Å². The fourth-order valence-electron chi connectivity index (χ4n) is 6.54. The lowest BCUT2D eigenvalue weighted by atomic mass is 9.96. The zero-order valence-electron chi connectivity index (χ0n) is 31.2. The lowest BCUT2D eigenvalue weighted by Crippen LogP contribution is -2.09. The van der Waals surface area contributed by atoms with Crippen LogP contribution in [0.25, 0.3) is 23.3 Å². The Kier molecular flexibility index (Phi) is 11.4. The Labute approximate surface area is 321 Å². The van der Waals surface area contributed by atoms with E-state index in [-0.39, 0.29) is 0 Å². The summed E-state index contributed by atoms with van der Waals surface area (Å²) < 4.78 is 0. The highest BCUT2D eigenvalue weighted by molar-refractivity contribution is 5.83. The number of hydrogen-bond acceptors (Lipinski definition) is 1. The minimum Gasteiger partial charge on any atom is -0.311 e. The molecule has 0 aliphatic rings. The van der Waals surface area contributed by atoms with Crippen LogP contribution in [0.4, 0.5) is 17.1 Å². The summed E-state index contributed by atoms with van der Waals surface area (Å²) in [6.45, 7) is 6.38. The van der Waals surface area contributed by atoms with Crippen molar-refractivity contribution < 1.29 is 0 Å². The molecule has 0 bridgehead atoms. The molecule has 0 amide bonds. The van der Waals surface area contributed by atoms with Gasteiger partial charge in [-0.25, -0.2) is 0 Å². The van der Waals surface area contributed by atoms with Crippen LogP contribution in [0.2, 0.25) is 0 Å². The molecule has 262 valence electrons. The van der Waals surface area contributed by atoms with E-state index in [4.69, 9.17) is 0 Å². The van der Waals surface area contributed by atoms with Crippen molar-refractivity contribution in [2.75, 3.05) is 4.90 Å². The average molecular weight is 696 g/mol. The summed E-state index contributed by atoms with van der Waals surface area (Å²) in [5.41, 5.74) is 16.6. The van der Waals surface area contributed by atoms with Gasteiger partial charge >= 0.3 is 0 Å². The van der Waals surface area contributed by atoms with E-state index >= 15 is 0 Å².